The Kier molecular flexibility index (Phi) is 4.71. The van der Waals surface area contributed by atoms with Gasteiger partial charge in [-0.15, -0.1) is 0 Å². The van der Waals surface area contributed by atoms with Crippen molar-refractivity contribution in [2.45, 2.75) is 25.3 Å². The number of carbonyl (C=O) groups is 1. The molecule has 0 spiro atoms. The molecular weight excluding hydrogens is 330 g/mol. The van der Waals surface area contributed by atoms with Crippen LogP contribution in [0, 0.1) is 0 Å². The van der Waals surface area contributed by atoms with Gasteiger partial charge in [-0.1, -0.05) is 12.1 Å². The lowest BCUT2D eigenvalue weighted by atomic mass is 10.1. The molecule has 0 radical (unpaired) electrons. The average molecular weight is 353 g/mol. The number of rotatable bonds is 4. The normalized spacial score (nSPS) is 19.7. The Morgan fingerprint density at radius 1 is 1.23 bits per heavy atom. The van der Waals surface area contributed by atoms with Crippen LogP contribution in [0.15, 0.2) is 30.3 Å². The van der Waals surface area contributed by atoms with Gasteiger partial charge in [0, 0.05) is 36.9 Å². The molecule has 0 saturated carbocycles. The Morgan fingerprint density at radius 2 is 2.08 bits per heavy atom. The molecule has 0 aliphatic carbocycles. The van der Waals surface area contributed by atoms with E-state index in [4.69, 9.17) is 10.5 Å². The molecule has 3 N–H and O–H groups in total. The van der Waals surface area contributed by atoms with Crippen LogP contribution in [0.5, 0.6) is 0 Å². The van der Waals surface area contributed by atoms with E-state index in [1.54, 1.807) is 6.07 Å². The van der Waals surface area contributed by atoms with Gasteiger partial charge in [0.1, 0.15) is 5.82 Å². The van der Waals surface area contributed by atoms with Gasteiger partial charge in [-0.25, -0.2) is 4.98 Å². The molecular formula is C19H23N5O2. The number of aromatic nitrogens is 2. The highest BCUT2D eigenvalue weighted by atomic mass is 16.5. The predicted octanol–water partition coefficient (Wildman–Crippen LogP) is 1.84. The summed E-state index contributed by atoms with van der Waals surface area (Å²) in [7, 11) is 0. The van der Waals surface area contributed by atoms with Crippen LogP contribution in [-0.4, -0.2) is 48.2 Å². The van der Waals surface area contributed by atoms with Gasteiger partial charge < -0.3 is 20.7 Å². The molecule has 7 nitrogen and oxygen atoms in total. The van der Waals surface area contributed by atoms with Gasteiger partial charge in [-0.3, -0.25) is 4.79 Å². The van der Waals surface area contributed by atoms with Gasteiger partial charge in [0.15, 0.2) is 0 Å². The molecule has 26 heavy (non-hydrogen) atoms. The standard InChI is InChI=1S/C19H23N5O2/c20-19-22-16(11-17(23-19)24-7-1-2-8-24)13-4-3-5-14(10-13)18(25)21-15-6-9-26-12-15/h3-5,10-11,15H,1-2,6-9,12H2,(H,21,25)(H2,20,22,23). The van der Waals surface area contributed by atoms with Gasteiger partial charge in [-0.05, 0) is 31.4 Å². The number of carbonyl (C=O) groups excluding carboxylic acids is 1. The maximum absolute atomic E-state index is 12.5. The summed E-state index contributed by atoms with van der Waals surface area (Å²) in [6, 6.07) is 9.49. The Balaban J connectivity index is 1.58. The van der Waals surface area contributed by atoms with Gasteiger partial charge in [0.05, 0.1) is 18.3 Å². The number of nitrogens with two attached hydrogens (primary N) is 1. The number of nitrogens with zero attached hydrogens (tertiary/aromatic N) is 3. The number of hydrogen-bond acceptors (Lipinski definition) is 6. The van der Waals surface area contributed by atoms with E-state index in [0.717, 1.165) is 36.6 Å². The third-order valence-corrected chi connectivity index (χ3v) is 4.85. The molecule has 1 atom stereocenters. The molecule has 7 heteroatoms. The first kappa shape index (κ1) is 16.8. The molecule has 2 saturated heterocycles. The van der Waals surface area contributed by atoms with Crippen molar-refractivity contribution in [3.05, 3.63) is 35.9 Å². The van der Waals surface area contributed by atoms with Crippen LogP contribution < -0.4 is 16.0 Å². The SMILES string of the molecule is Nc1nc(-c2cccc(C(=O)NC3CCOC3)c2)cc(N2CCCC2)n1. The maximum atomic E-state index is 12.5. The van der Waals surface area contributed by atoms with E-state index in [-0.39, 0.29) is 17.9 Å². The van der Waals surface area contributed by atoms with E-state index < -0.39 is 0 Å². The van der Waals surface area contributed by atoms with Crippen LogP contribution in [0.4, 0.5) is 11.8 Å². The number of nitrogen functional groups attached to an aromatic ring is 1. The Labute approximate surface area is 152 Å². The van der Waals surface area contributed by atoms with Gasteiger partial charge in [-0.2, -0.15) is 4.98 Å². The molecule has 2 aliphatic heterocycles. The molecule has 2 aliphatic rings. The molecule has 3 heterocycles. The van der Waals surface area contributed by atoms with Crippen LogP contribution in [0.25, 0.3) is 11.3 Å². The summed E-state index contributed by atoms with van der Waals surface area (Å²) in [6.07, 6.45) is 3.19. The minimum absolute atomic E-state index is 0.0858. The van der Waals surface area contributed by atoms with E-state index in [0.29, 0.717) is 18.8 Å². The number of nitrogens with one attached hydrogen (secondary N) is 1. The number of ether oxygens (including phenoxy) is 1. The molecule has 2 fully saturated rings. The Bertz CT molecular complexity index is 798. The molecule has 136 valence electrons. The smallest absolute Gasteiger partial charge is 0.251 e. The van der Waals surface area contributed by atoms with E-state index in [2.05, 4.69) is 20.2 Å². The largest absolute Gasteiger partial charge is 0.379 e. The number of amides is 1. The zero-order chi connectivity index (χ0) is 17.9. The van der Waals surface area contributed by atoms with Crippen LogP contribution >= 0.6 is 0 Å². The Morgan fingerprint density at radius 3 is 2.85 bits per heavy atom. The topological polar surface area (TPSA) is 93.4 Å². The summed E-state index contributed by atoms with van der Waals surface area (Å²) in [6.45, 7) is 3.25. The van der Waals surface area contributed by atoms with Crippen molar-refractivity contribution < 1.29 is 9.53 Å². The fraction of sp³-hybridized carbons (Fsp3) is 0.421. The highest BCUT2D eigenvalue weighted by Crippen LogP contribution is 2.25. The first-order valence-corrected chi connectivity index (χ1v) is 9.07. The second-order valence-corrected chi connectivity index (χ2v) is 6.78. The first-order valence-electron chi connectivity index (χ1n) is 9.07. The molecule has 4 rings (SSSR count). The van der Waals surface area contributed by atoms with Gasteiger partial charge >= 0.3 is 0 Å². The van der Waals surface area contributed by atoms with Crippen LogP contribution in [0.2, 0.25) is 0 Å². The van der Waals surface area contributed by atoms with Crippen molar-refractivity contribution in [1.82, 2.24) is 15.3 Å². The fourth-order valence-corrected chi connectivity index (χ4v) is 3.45. The molecule has 0 bridgehead atoms. The third kappa shape index (κ3) is 3.62. The first-order chi connectivity index (χ1) is 12.7. The Hall–Kier alpha value is -2.67. The van der Waals surface area contributed by atoms with E-state index >= 15 is 0 Å². The summed E-state index contributed by atoms with van der Waals surface area (Å²) in [4.78, 5) is 23.4. The fourth-order valence-electron chi connectivity index (χ4n) is 3.45. The highest BCUT2D eigenvalue weighted by Gasteiger charge is 2.19. The lowest BCUT2D eigenvalue weighted by molar-refractivity contribution is 0.0930. The van der Waals surface area contributed by atoms with Gasteiger partial charge in [0.25, 0.3) is 5.91 Å². The summed E-state index contributed by atoms with van der Waals surface area (Å²) in [5, 5.41) is 3.01. The maximum Gasteiger partial charge on any atom is 0.251 e. The summed E-state index contributed by atoms with van der Waals surface area (Å²) in [5.41, 5.74) is 8.13. The minimum Gasteiger partial charge on any atom is -0.379 e. The number of hydrogen-bond donors (Lipinski definition) is 2. The molecule has 1 unspecified atom stereocenters. The van der Waals surface area contributed by atoms with E-state index in [1.807, 2.05) is 24.3 Å². The number of anilines is 2. The zero-order valence-corrected chi connectivity index (χ0v) is 14.6. The molecule has 1 amide bonds. The van der Waals surface area contributed by atoms with Crippen LogP contribution in [0.1, 0.15) is 29.6 Å². The molecule has 2 aromatic rings. The van der Waals surface area contributed by atoms with Crippen molar-refractivity contribution in [2.75, 3.05) is 36.9 Å². The van der Waals surface area contributed by atoms with E-state index in [9.17, 15) is 4.79 Å². The molecule has 1 aromatic carbocycles. The summed E-state index contributed by atoms with van der Waals surface area (Å²) >= 11 is 0. The second-order valence-electron chi connectivity index (χ2n) is 6.78. The lowest BCUT2D eigenvalue weighted by Crippen LogP contribution is -2.34. The minimum atomic E-state index is -0.0934. The van der Waals surface area contributed by atoms with E-state index in [1.165, 1.54) is 12.8 Å². The third-order valence-electron chi connectivity index (χ3n) is 4.85. The lowest BCUT2D eigenvalue weighted by Gasteiger charge is -2.17. The van der Waals surface area contributed by atoms with Crippen LogP contribution in [0.3, 0.4) is 0 Å². The summed E-state index contributed by atoms with van der Waals surface area (Å²) in [5.74, 6) is 1.01. The molecule has 1 aromatic heterocycles. The van der Waals surface area contributed by atoms with Gasteiger partial charge in [0.2, 0.25) is 5.95 Å². The van der Waals surface area contributed by atoms with Crippen molar-refractivity contribution in [1.29, 1.82) is 0 Å². The number of benzene rings is 1. The van der Waals surface area contributed by atoms with Crippen molar-refractivity contribution in [2.24, 2.45) is 0 Å². The monoisotopic (exact) mass is 353 g/mol. The highest BCUT2D eigenvalue weighted by molar-refractivity contribution is 5.95. The van der Waals surface area contributed by atoms with Crippen LogP contribution in [-0.2, 0) is 4.74 Å². The van der Waals surface area contributed by atoms with Crippen molar-refractivity contribution in [3.63, 3.8) is 0 Å². The summed E-state index contributed by atoms with van der Waals surface area (Å²) < 4.78 is 5.31. The average Bonchev–Trinajstić information content (AvgIpc) is 3.35. The zero-order valence-electron chi connectivity index (χ0n) is 14.6. The quantitative estimate of drug-likeness (QED) is 0.871. The predicted molar refractivity (Wildman–Crippen MR) is 100 cm³/mol. The van der Waals surface area contributed by atoms with Crippen molar-refractivity contribution in [3.8, 4) is 11.3 Å². The second kappa shape index (κ2) is 7.29. The van der Waals surface area contributed by atoms with Crippen molar-refractivity contribution >= 4 is 17.7 Å².